The largest absolute Gasteiger partial charge is 0.352 e. The minimum absolute atomic E-state index is 0.137. The highest BCUT2D eigenvalue weighted by atomic mass is 32.2. The van der Waals surface area contributed by atoms with Crippen LogP contribution >= 0.6 is 11.8 Å². The zero-order chi connectivity index (χ0) is 29.2. The molecule has 0 aliphatic carbocycles. The number of hydrogen-bond acceptors (Lipinski definition) is 5. The van der Waals surface area contributed by atoms with Crippen molar-refractivity contribution in [3.8, 4) is 0 Å². The topological polar surface area (TPSA) is 53.4 Å². The van der Waals surface area contributed by atoms with Gasteiger partial charge in [0.25, 0.3) is 5.91 Å². The monoisotopic (exact) mass is 577 g/mol. The van der Waals surface area contributed by atoms with Gasteiger partial charge in [-0.15, -0.1) is 11.8 Å². The van der Waals surface area contributed by atoms with E-state index in [1.807, 2.05) is 12.1 Å². The van der Waals surface area contributed by atoms with Gasteiger partial charge in [-0.1, -0.05) is 46.2 Å². The van der Waals surface area contributed by atoms with Crippen LogP contribution < -0.4 is 5.32 Å². The molecular formula is C34H51N5OS. The summed E-state index contributed by atoms with van der Waals surface area (Å²) in [5.41, 5.74) is 3.98. The average Bonchev–Trinajstić information content (AvgIpc) is 3.33. The normalized spacial score (nSPS) is 14.3. The van der Waals surface area contributed by atoms with Crippen LogP contribution in [0.5, 0.6) is 0 Å². The number of carbonyl (C=O) groups excluding carboxylic acids is 1. The van der Waals surface area contributed by atoms with Crippen molar-refractivity contribution in [2.75, 3.05) is 44.3 Å². The Kier molecular flexibility index (Phi) is 12.0. The van der Waals surface area contributed by atoms with Crippen LogP contribution in [0.25, 0.3) is 11.0 Å². The molecule has 4 rings (SSSR count). The summed E-state index contributed by atoms with van der Waals surface area (Å²) in [6, 6.07) is 14.8. The molecule has 0 spiro atoms. The van der Waals surface area contributed by atoms with Crippen molar-refractivity contribution in [3.63, 3.8) is 0 Å². The van der Waals surface area contributed by atoms with E-state index in [9.17, 15) is 4.79 Å². The lowest BCUT2D eigenvalue weighted by Gasteiger charge is -2.26. The molecule has 1 aromatic heterocycles. The molecule has 1 saturated heterocycles. The Labute approximate surface area is 252 Å². The van der Waals surface area contributed by atoms with Gasteiger partial charge in [0, 0.05) is 36.6 Å². The third kappa shape index (κ3) is 9.24. The molecule has 2 heterocycles. The molecule has 0 saturated carbocycles. The van der Waals surface area contributed by atoms with Crippen LogP contribution in [-0.4, -0.2) is 64.2 Å². The van der Waals surface area contributed by atoms with Gasteiger partial charge in [0.2, 0.25) is 5.95 Å². The minimum atomic E-state index is 0.137. The molecular weight excluding hydrogens is 526 g/mol. The van der Waals surface area contributed by atoms with Crippen molar-refractivity contribution < 1.29 is 4.79 Å². The van der Waals surface area contributed by atoms with Gasteiger partial charge in [-0.3, -0.25) is 4.79 Å². The Morgan fingerprint density at radius 1 is 0.951 bits per heavy atom. The molecule has 41 heavy (non-hydrogen) atoms. The number of thioether (sulfide) groups is 1. The molecule has 0 bridgehead atoms. The highest BCUT2D eigenvalue weighted by Gasteiger charge is 2.20. The van der Waals surface area contributed by atoms with Crippen molar-refractivity contribution in [1.82, 2.24) is 19.4 Å². The third-order valence-corrected chi connectivity index (χ3v) is 8.89. The van der Waals surface area contributed by atoms with Crippen LogP contribution in [0.15, 0.2) is 47.4 Å². The van der Waals surface area contributed by atoms with E-state index in [4.69, 9.17) is 4.98 Å². The number of nitrogens with zero attached hydrogens (tertiary/aromatic N) is 4. The van der Waals surface area contributed by atoms with Crippen LogP contribution in [-0.2, 0) is 13.1 Å². The SMILES string of the molecule is CSc1ccc(CNc2nc3ccc(C(=O)N(CCC(C)C)CCC(C)C)cc3n2CCCN2CCCCC2)cc1. The quantitative estimate of drug-likeness (QED) is 0.187. The average molecular weight is 578 g/mol. The van der Waals surface area contributed by atoms with Crippen molar-refractivity contribution in [2.45, 2.75) is 84.2 Å². The number of fused-ring (bicyclic) bond motifs is 1. The van der Waals surface area contributed by atoms with Crippen LogP contribution in [0.1, 0.15) is 82.1 Å². The Hall–Kier alpha value is -2.51. The summed E-state index contributed by atoms with van der Waals surface area (Å²) in [5, 5.41) is 3.62. The van der Waals surface area contributed by atoms with Gasteiger partial charge in [-0.05, 0) is 106 Å². The van der Waals surface area contributed by atoms with E-state index in [0.29, 0.717) is 18.4 Å². The summed E-state index contributed by atoms with van der Waals surface area (Å²) in [5.74, 6) is 2.16. The van der Waals surface area contributed by atoms with Gasteiger partial charge in [-0.2, -0.15) is 0 Å². The second-order valence-corrected chi connectivity index (χ2v) is 13.3. The summed E-state index contributed by atoms with van der Waals surface area (Å²) in [6.45, 7) is 15.6. The highest BCUT2D eigenvalue weighted by molar-refractivity contribution is 7.98. The third-order valence-electron chi connectivity index (χ3n) is 8.15. The predicted octanol–water partition coefficient (Wildman–Crippen LogP) is 7.78. The molecule has 0 unspecified atom stereocenters. The number of imidazole rings is 1. The molecule has 1 N–H and O–H groups in total. The Bertz CT molecular complexity index is 1220. The Morgan fingerprint density at radius 3 is 2.27 bits per heavy atom. The molecule has 1 aliphatic rings. The van der Waals surface area contributed by atoms with E-state index in [1.54, 1.807) is 11.8 Å². The fourth-order valence-corrected chi connectivity index (χ4v) is 5.91. The van der Waals surface area contributed by atoms with Crippen LogP contribution in [0.4, 0.5) is 5.95 Å². The van der Waals surface area contributed by atoms with Crippen LogP contribution in [0.3, 0.4) is 0 Å². The van der Waals surface area contributed by atoms with E-state index in [-0.39, 0.29) is 5.91 Å². The van der Waals surface area contributed by atoms with Crippen molar-refractivity contribution in [3.05, 3.63) is 53.6 Å². The number of hydrogen-bond donors (Lipinski definition) is 1. The van der Waals surface area contributed by atoms with E-state index < -0.39 is 0 Å². The first-order valence-corrected chi connectivity index (χ1v) is 16.9. The van der Waals surface area contributed by atoms with E-state index in [0.717, 1.165) is 68.0 Å². The lowest BCUT2D eigenvalue weighted by Crippen LogP contribution is -2.34. The number of likely N-dealkylation sites (tertiary alicyclic amines) is 1. The maximum atomic E-state index is 13.8. The zero-order valence-corrected chi connectivity index (χ0v) is 26.8. The number of rotatable bonds is 15. The molecule has 7 heteroatoms. The first kappa shape index (κ1) is 31.4. The van der Waals surface area contributed by atoms with Crippen molar-refractivity contribution in [2.24, 2.45) is 11.8 Å². The van der Waals surface area contributed by atoms with Crippen LogP contribution in [0.2, 0.25) is 0 Å². The molecule has 3 aromatic rings. The molecule has 2 aromatic carbocycles. The molecule has 0 atom stereocenters. The van der Waals surface area contributed by atoms with Gasteiger partial charge in [-0.25, -0.2) is 4.98 Å². The second-order valence-electron chi connectivity index (χ2n) is 12.4. The summed E-state index contributed by atoms with van der Waals surface area (Å²) < 4.78 is 2.30. The fourth-order valence-electron chi connectivity index (χ4n) is 5.50. The first-order chi connectivity index (χ1) is 19.8. The standard InChI is InChI=1S/C34H51N5OS/c1-26(2)16-22-38(23-17-27(3)4)33(40)29-12-15-31-32(24-29)39(21-9-20-37-18-7-6-8-19-37)34(36-31)35-25-28-10-13-30(41-5)14-11-28/h10-15,24,26-27H,6-9,16-23,25H2,1-5H3,(H,35,36). The summed E-state index contributed by atoms with van der Waals surface area (Å²) in [4.78, 5) is 24.7. The lowest BCUT2D eigenvalue weighted by atomic mass is 10.1. The molecule has 1 amide bonds. The molecule has 0 radical (unpaired) electrons. The summed E-state index contributed by atoms with van der Waals surface area (Å²) in [7, 11) is 0. The lowest BCUT2D eigenvalue weighted by molar-refractivity contribution is 0.0741. The molecule has 1 aliphatic heterocycles. The number of amides is 1. The van der Waals surface area contributed by atoms with Gasteiger partial charge < -0.3 is 19.7 Å². The first-order valence-electron chi connectivity index (χ1n) is 15.7. The predicted molar refractivity (Wildman–Crippen MR) is 175 cm³/mol. The van der Waals surface area contributed by atoms with Gasteiger partial charge in [0.15, 0.2) is 0 Å². The number of aryl methyl sites for hydroxylation is 1. The smallest absolute Gasteiger partial charge is 0.253 e. The summed E-state index contributed by atoms with van der Waals surface area (Å²) in [6.07, 6.45) is 9.19. The number of piperidine rings is 1. The van der Waals surface area contributed by atoms with Gasteiger partial charge in [0.05, 0.1) is 11.0 Å². The number of benzene rings is 2. The van der Waals surface area contributed by atoms with Gasteiger partial charge in [0.1, 0.15) is 0 Å². The maximum absolute atomic E-state index is 13.8. The highest BCUT2D eigenvalue weighted by Crippen LogP contribution is 2.24. The zero-order valence-electron chi connectivity index (χ0n) is 26.0. The molecule has 6 nitrogen and oxygen atoms in total. The number of aromatic nitrogens is 2. The molecule has 1 fully saturated rings. The second kappa shape index (κ2) is 15.6. The minimum Gasteiger partial charge on any atom is -0.352 e. The number of nitrogens with one attached hydrogen (secondary N) is 1. The van der Waals surface area contributed by atoms with E-state index >= 15 is 0 Å². The van der Waals surface area contributed by atoms with E-state index in [2.05, 4.69) is 84.0 Å². The molecule has 224 valence electrons. The van der Waals surface area contributed by atoms with E-state index in [1.165, 1.54) is 42.8 Å². The maximum Gasteiger partial charge on any atom is 0.253 e. The number of carbonyl (C=O) groups is 1. The van der Waals surface area contributed by atoms with Crippen molar-refractivity contribution in [1.29, 1.82) is 0 Å². The summed E-state index contributed by atoms with van der Waals surface area (Å²) >= 11 is 1.76. The Morgan fingerprint density at radius 2 is 1.63 bits per heavy atom. The Balaban J connectivity index is 1.57. The van der Waals surface area contributed by atoms with Crippen molar-refractivity contribution >= 4 is 34.7 Å². The fraction of sp³-hybridized carbons (Fsp3) is 0.588. The number of anilines is 1. The van der Waals surface area contributed by atoms with Crippen LogP contribution in [0, 0.1) is 11.8 Å². The van der Waals surface area contributed by atoms with Gasteiger partial charge >= 0.3 is 0 Å².